The molecule has 0 aliphatic heterocycles. The van der Waals surface area contributed by atoms with Crippen LogP contribution in [0.25, 0.3) is 0 Å². The van der Waals surface area contributed by atoms with Gasteiger partial charge in [0, 0.05) is 6.20 Å². The van der Waals surface area contributed by atoms with E-state index < -0.39 is 10.0 Å². The Morgan fingerprint density at radius 2 is 2.00 bits per heavy atom. The molecule has 0 atom stereocenters. The van der Waals surface area contributed by atoms with Gasteiger partial charge in [0.15, 0.2) is 0 Å². The van der Waals surface area contributed by atoms with Crippen LogP contribution in [0.3, 0.4) is 0 Å². The Morgan fingerprint density at radius 3 is 2.67 bits per heavy atom. The largest absolute Gasteiger partial charge is 0.392 e. The fourth-order valence-electron chi connectivity index (χ4n) is 1.43. The van der Waals surface area contributed by atoms with Crippen molar-refractivity contribution in [2.45, 2.75) is 11.5 Å². The molecule has 94 valence electrons. The molecule has 0 unspecified atom stereocenters. The molecule has 0 aliphatic carbocycles. The predicted octanol–water partition coefficient (Wildman–Crippen LogP) is 1.37. The molecule has 2 N–H and O–H groups in total. The predicted molar refractivity (Wildman–Crippen MR) is 67.4 cm³/mol. The molecule has 0 spiro atoms. The number of sulfonamides is 1. The molecule has 1 heterocycles. The molecule has 0 amide bonds. The Hall–Kier alpha value is -1.92. The van der Waals surface area contributed by atoms with E-state index in [1.807, 2.05) is 0 Å². The second-order valence-corrected chi connectivity index (χ2v) is 5.31. The average Bonchev–Trinajstić information content (AvgIpc) is 2.39. The van der Waals surface area contributed by atoms with Gasteiger partial charge in [-0.2, -0.15) is 0 Å². The van der Waals surface area contributed by atoms with E-state index in [1.54, 1.807) is 30.3 Å². The standard InChI is InChI=1S/C12H12N2O3S/c15-9-10-4-3-5-11(8-10)18(16,17)14-12-6-1-2-7-13-12/h1-8,15H,9H2,(H,13,14). The third-order valence-corrected chi connectivity index (χ3v) is 3.65. The molecule has 5 nitrogen and oxygen atoms in total. The fraction of sp³-hybridized carbons (Fsp3) is 0.0833. The lowest BCUT2D eigenvalue weighted by Gasteiger charge is -2.07. The first-order valence-electron chi connectivity index (χ1n) is 5.25. The van der Waals surface area contributed by atoms with E-state index in [1.165, 1.54) is 18.3 Å². The number of hydrogen-bond acceptors (Lipinski definition) is 4. The molecule has 0 fully saturated rings. The van der Waals surface area contributed by atoms with Crippen LogP contribution in [0.5, 0.6) is 0 Å². The highest BCUT2D eigenvalue weighted by Crippen LogP contribution is 2.15. The smallest absolute Gasteiger partial charge is 0.263 e. The number of aliphatic hydroxyl groups excluding tert-OH is 1. The summed E-state index contributed by atoms with van der Waals surface area (Å²) in [4.78, 5) is 3.99. The summed E-state index contributed by atoms with van der Waals surface area (Å²) in [7, 11) is -3.67. The van der Waals surface area contributed by atoms with Gasteiger partial charge in [0.1, 0.15) is 5.82 Å². The number of benzene rings is 1. The number of aliphatic hydroxyl groups is 1. The topological polar surface area (TPSA) is 79.3 Å². The monoisotopic (exact) mass is 264 g/mol. The summed E-state index contributed by atoms with van der Waals surface area (Å²) in [5, 5.41) is 8.99. The van der Waals surface area contributed by atoms with Crippen LogP contribution < -0.4 is 4.72 Å². The molecule has 1 aromatic carbocycles. The van der Waals surface area contributed by atoms with Crippen molar-refractivity contribution in [2.75, 3.05) is 4.72 Å². The lowest BCUT2D eigenvalue weighted by atomic mass is 10.2. The zero-order chi connectivity index (χ0) is 13.0. The number of anilines is 1. The summed E-state index contributed by atoms with van der Waals surface area (Å²) in [6, 6.07) is 11.1. The summed E-state index contributed by atoms with van der Waals surface area (Å²) >= 11 is 0. The van der Waals surface area contributed by atoms with Crippen molar-refractivity contribution in [1.29, 1.82) is 0 Å². The zero-order valence-corrected chi connectivity index (χ0v) is 10.3. The number of pyridine rings is 1. The van der Waals surface area contributed by atoms with E-state index in [9.17, 15) is 8.42 Å². The summed E-state index contributed by atoms with van der Waals surface area (Å²) in [5.74, 6) is 0.256. The van der Waals surface area contributed by atoms with E-state index in [-0.39, 0.29) is 17.3 Å². The summed E-state index contributed by atoms with van der Waals surface area (Å²) in [6.45, 7) is -0.201. The molecule has 0 saturated carbocycles. The Bertz CT molecular complexity index is 627. The number of rotatable bonds is 4. The Labute approximate surface area is 105 Å². The Balaban J connectivity index is 2.31. The molecule has 2 aromatic rings. The maximum atomic E-state index is 12.0. The van der Waals surface area contributed by atoms with Crippen LogP contribution in [-0.2, 0) is 16.6 Å². The van der Waals surface area contributed by atoms with Gasteiger partial charge in [-0.1, -0.05) is 18.2 Å². The quantitative estimate of drug-likeness (QED) is 0.874. The van der Waals surface area contributed by atoms with Crippen molar-refractivity contribution >= 4 is 15.8 Å². The highest BCUT2D eigenvalue weighted by atomic mass is 32.2. The van der Waals surface area contributed by atoms with E-state index in [4.69, 9.17) is 5.11 Å². The SMILES string of the molecule is O=S(=O)(Nc1ccccn1)c1cccc(CO)c1. The average molecular weight is 264 g/mol. The van der Waals surface area contributed by atoms with E-state index in [0.29, 0.717) is 5.56 Å². The van der Waals surface area contributed by atoms with Gasteiger partial charge in [-0.3, -0.25) is 4.72 Å². The van der Waals surface area contributed by atoms with Gasteiger partial charge < -0.3 is 5.11 Å². The maximum absolute atomic E-state index is 12.0. The minimum Gasteiger partial charge on any atom is -0.392 e. The molecular weight excluding hydrogens is 252 g/mol. The molecule has 0 radical (unpaired) electrons. The van der Waals surface area contributed by atoms with Gasteiger partial charge in [0.25, 0.3) is 10.0 Å². The van der Waals surface area contributed by atoms with Gasteiger partial charge in [0.05, 0.1) is 11.5 Å². The lowest BCUT2D eigenvalue weighted by molar-refractivity contribution is 0.281. The highest BCUT2D eigenvalue weighted by molar-refractivity contribution is 7.92. The lowest BCUT2D eigenvalue weighted by Crippen LogP contribution is -2.14. The van der Waals surface area contributed by atoms with Crippen LogP contribution in [0.2, 0.25) is 0 Å². The van der Waals surface area contributed by atoms with Crippen molar-refractivity contribution in [1.82, 2.24) is 4.98 Å². The molecule has 1 aromatic heterocycles. The maximum Gasteiger partial charge on any atom is 0.263 e. The summed E-state index contributed by atoms with van der Waals surface area (Å²) < 4.78 is 26.4. The number of hydrogen-bond donors (Lipinski definition) is 2. The minimum atomic E-state index is -3.67. The molecule has 0 bridgehead atoms. The molecule has 2 rings (SSSR count). The van der Waals surface area contributed by atoms with Crippen LogP contribution in [-0.4, -0.2) is 18.5 Å². The number of aromatic nitrogens is 1. The van der Waals surface area contributed by atoms with Gasteiger partial charge >= 0.3 is 0 Å². The number of nitrogens with zero attached hydrogens (tertiary/aromatic N) is 1. The van der Waals surface area contributed by atoms with Crippen molar-refractivity contribution in [3.05, 3.63) is 54.2 Å². The minimum absolute atomic E-state index is 0.0969. The third-order valence-electron chi connectivity index (χ3n) is 2.30. The Kier molecular flexibility index (Phi) is 3.59. The van der Waals surface area contributed by atoms with E-state index in [0.717, 1.165) is 0 Å². The van der Waals surface area contributed by atoms with Crippen LogP contribution in [0.4, 0.5) is 5.82 Å². The first-order chi connectivity index (χ1) is 8.62. The summed E-state index contributed by atoms with van der Waals surface area (Å²) in [6.07, 6.45) is 1.50. The van der Waals surface area contributed by atoms with Gasteiger partial charge in [0.2, 0.25) is 0 Å². The number of nitrogens with one attached hydrogen (secondary N) is 1. The molecular formula is C12H12N2O3S. The molecule has 0 aliphatic rings. The second kappa shape index (κ2) is 5.16. The zero-order valence-electron chi connectivity index (χ0n) is 9.45. The van der Waals surface area contributed by atoms with Crippen molar-refractivity contribution in [2.24, 2.45) is 0 Å². The highest BCUT2D eigenvalue weighted by Gasteiger charge is 2.14. The van der Waals surface area contributed by atoms with Crippen LogP contribution >= 0.6 is 0 Å². The van der Waals surface area contributed by atoms with Crippen molar-refractivity contribution in [3.8, 4) is 0 Å². The van der Waals surface area contributed by atoms with Crippen LogP contribution in [0.15, 0.2) is 53.6 Å². The molecule has 18 heavy (non-hydrogen) atoms. The molecule has 0 saturated heterocycles. The van der Waals surface area contributed by atoms with E-state index in [2.05, 4.69) is 9.71 Å². The van der Waals surface area contributed by atoms with Gasteiger partial charge in [-0.15, -0.1) is 0 Å². The van der Waals surface area contributed by atoms with Gasteiger partial charge in [-0.25, -0.2) is 13.4 Å². The Morgan fingerprint density at radius 1 is 1.17 bits per heavy atom. The van der Waals surface area contributed by atoms with Crippen molar-refractivity contribution < 1.29 is 13.5 Å². The third kappa shape index (κ3) is 2.85. The first kappa shape index (κ1) is 12.5. The summed E-state index contributed by atoms with van der Waals surface area (Å²) in [5.41, 5.74) is 0.541. The second-order valence-electron chi connectivity index (χ2n) is 3.63. The molecule has 6 heteroatoms. The normalized spacial score (nSPS) is 11.2. The van der Waals surface area contributed by atoms with Crippen LogP contribution in [0, 0.1) is 0 Å². The fourth-order valence-corrected chi connectivity index (χ4v) is 2.51. The van der Waals surface area contributed by atoms with E-state index >= 15 is 0 Å². The van der Waals surface area contributed by atoms with Crippen molar-refractivity contribution in [3.63, 3.8) is 0 Å². The first-order valence-corrected chi connectivity index (χ1v) is 6.74. The van der Waals surface area contributed by atoms with Crippen LogP contribution in [0.1, 0.15) is 5.56 Å². The van der Waals surface area contributed by atoms with Gasteiger partial charge in [-0.05, 0) is 29.8 Å².